The topological polar surface area (TPSA) is 50.7 Å². The van der Waals surface area contributed by atoms with E-state index < -0.39 is 0 Å². The van der Waals surface area contributed by atoms with E-state index in [1.165, 1.54) is 5.71 Å². The first-order valence-electron chi connectivity index (χ1n) is 4.65. The SMILES string of the molecule is CCC(C)(CC)C1=NN=C(N)SC1. The molecular weight excluding hydrogens is 182 g/mol. The van der Waals surface area contributed by atoms with Gasteiger partial charge in [-0.05, 0) is 12.8 Å². The minimum atomic E-state index is 0.206. The molecule has 0 fully saturated rings. The maximum absolute atomic E-state index is 5.53. The van der Waals surface area contributed by atoms with Crippen molar-refractivity contribution in [2.75, 3.05) is 5.75 Å². The first-order valence-corrected chi connectivity index (χ1v) is 5.64. The van der Waals surface area contributed by atoms with Crippen molar-refractivity contribution in [1.29, 1.82) is 0 Å². The summed E-state index contributed by atoms with van der Waals surface area (Å²) in [5.41, 5.74) is 6.91. The molecule has 2 N–H and O–H groups in total. The van der Waals surface area contributed by atoms with Gasteiger partial charge >= 0.3 is 0 Å². The Morgan fingerprint density at radius 3 is 2.38 bits per heavy atom. The van der Waals surface area contributed by atoms with Crippen LogP contribution in [0.2, 0.25) is 0 Å². The van der Waals surface area contributed by atoms with Gasteiger partial charge in [-0.2, -0.15) is 5.10 Å². The molecule has 13 heavy (non-hydrogen) atoms. The average molecular weight is 199 g/mol. The van der Waals surface area contributed by atoms with Crippen LogP contribution in [0.4, 0.5) is 0 Å². The van der Waals surface area contributed by atoms with Gasteiger partial charge in [-0.3, -0.25) is 0 Å². The summed E-state index contributed by atoms with van der Waals surface area (Å²) in [6.45, 7) is 6.63. The van der Waals surface area contributed by atoms with E-state index in [1.807, 2.05) is 0 Å². The van der Waals surface area contributed by atoms with E-state index in [-0.39, 0.29) is 5.41 Å². The van der Waals surface area contributed by atoms with Gasteiger partial charge in [0.05, 0.1) is 5.71 Å². The highest BCUT2D eigenvalue weighted by atomic mass is 32.2. The van der Waals surface area contributed by atoms with Crippen molar-refractivity contribution in [2.24, 2.45) is 21.4 Å². The lowest BCUT2D eigenvalue weighted by Crippen LogP contribution is -2.31. The quantitative estimate of drug-likeness (QED) is 0.757. The molecule has 1 aliphatic rings. The maximum Gasteiger partial charge on any atom is 0.180 e. The summed E-state index contributed by atoms with van der Waals surface area (Å²) in [5.74, 6) is 0.896. The molecule has 1 rings (SSSR count). The van der Waals surface area contributed by atoms with Crippen molar-refractivity contribution in [3.8, 4) is 0 Å². The lowest BCUT2D eigenvalue weighted by atomic mass is 9.80. The predicted octanol–water partition coefficient (Wildman–Crippen LogP) is 2.23. The number of thioether (sulfide) groups is 1. The van der Waals surface area contributed by atoms with Crippen LogP contribution in [0.15, 0.2) is 10.2 Å². The standard InChI is InChI=1S/C9H17N3S/c1-4-9(3,5-2)7-6-13-8(10)12-11-7/h4-6H2,1-3H3,(H2,10,12). The first kappa shape index (κ1) is 10.6. The fourth-order valence-corrected chi connectivity index (χ4v) is 2.05. The number of rotatable bonds is 3. The summed E-state index contributed by atoms with van der Waals surface area (Å²) in [6, 6.07) is 0. The Hall–Kier alpha value is -0.510. The molecule has 0 amide bonds. The van der Waals surface area contributed by atoms with E-state index in [1.54, 1.807) is 11.8 Å². The number of hydrogen-bond donors (Lipinski definition) is 1. The normalized spacial score (nSPS) is 18.1. The van der Waals surface area contributed by atoms with Crippen molar-refractivity contribution in [3.63, 3.8) is 0 Å². The van der Waals surface area contributed by atoms with Gasteiger partial charge in [0.2, 0.25) is 0 Å². The van der Waals surface area contributed by atoms with Gasteiger partial charge in [0, 0.05) is 11.2 Å². The fraction of sp³-hybridized carbons (Fsp3) is 0.778. The van der Waals surface area contributed by atoms with E-state index in [0.717, 1.165) is 18.6 Å². The average Bonchev–Trinajstić information content (AvgIpc) is 2.18. The highest BCUT2D eigenvalue weighted by molar-refractivity contribution is 8.14. The second-order valence-electron chi connectivity index (χ2n) is 3.54. The van der Waals surface area contributed by atoms with Crippen LogP contribution >= 0.6 is 11.8 Å². The Kier molecular flexibility index (Phi) is 3.36. The summed E-state index contributed by atoms with van der Waals surface area (Å²) < 4.78 is 0. The second-order valence-corrected chi connectivity index (χ2v) is 4.54. The summed E-state index contributed by atoms with van der Waals surface area (Å²) >= 11 is 1.58. The van der Waals surface area contributed by atoms with Crippen LogP contribution in [0, 0.1) is 5.41 Å². The number of hydrogen-bond acceptors (Lipinski definition) is 4. The Morgan fingerprint density at radius 1 is 1.38 bits per heavy atom. The Bertz CT molecular complexity index is 241. The lowest BCUT2D eigenvalue weighted by molar-refractivity contribution is 0.430. The number of nitrogens with zero attached hydrogens (tertiary/aromatic N) is 2. The monoisotopic (exact) mass is 199 g/mol. The molecule has 0 radical (unpaired) electrons. The number of nitrogens with two attached hydrogens (primary N) is 1. The van der Waals surface area contributed by atoms with Crippen molar-refractivity contribution >= 4 is 22.6 Å². The third kappa shape index (κ3) is 2.24. The molecule has 4 heteroatoms. The molecule has 74 valence electrons. The summed E-state index contributed by atoms with van der Waals surface area (Å²) in [7, 11) is 0. The molecule has 0 aliphatic carbocycles. The fourth-order valence-electron chi connectivity index (χ4n) is 1.26. The van der Waals surface area contributed by atoms with Gasteiger partial charge < -0.3 is 5.73 Å². The number of amidine groups is 1. The molecule has 0 atom stereocenters. The highest BCUT2D eigenvalue weighted by Gasteiger charge is 2.28. The van der Waals surface area contributed by atoms with Crippen LogP contribution in [0.3, 0.4) is 0 Å². The Morgan fingerprint density at radius 2 is 2.00 bits per heavy atom. The summed E-state index contributed by atoms with van der Waals surface area (Å²) in [5, 5.41) is 8.68. The van der Waals surface area contributed by atoms with Gasteiger partial charge in [0.25, 0.3) is 0 Å². The zero-order valence-corrected chi connectivity index (χ0v) is 9.32. The van der Waals surface area contributed by atoms with Crippen LogP contribution in [0.1, 0.15) is 33.6 Å². The smallest absolute Gasteiger partial charge is 0.180 e. The van der Waals surface area contributed by atoms with Gasteiger partial charge in [0.15, 0.2) is 5.17 Å². The zero-order chi connectivity index (χ0) is 9.90. The van der Waals surface area contributed by atoms with E-state index in [9.17, 15) is 0 Å². The molecule has 0 bridgehead atoms. The Labute approximate surface area is 83.9 Å². The van der Waals surface area contributed by atoms with Crippen LogP contribution in [0.25, 0.3) is 0 Å². The molecule has 1 heterocycles. The van der Waals surface area contributed by atoms with Gasteiger partial charge in [-0.1, -0.05) is 32.5 Å². The van der Waals surface area contributed by atoms with E-state index in [0.29, 0.717) is 5.17 Å². The molecule has 0 aromatic rings. The molecule has 0 unspecified atom stereocenters. The largest absolute Gasteiger partial charge is 0.377 e. The van der Waals surface area contributed by atoms with Crippen LogP contribution in [0.5, 0.6) is 0 Å². The predicted molar refractivity (Wildman–Crippen MR) is 60.2 cm³/mol. The van der Waals surface area contributed by atoms with Crippen LogP contribution in [-0.4, -0.2) is 16.6 Å². The van der Waals surface area contributed by atoms with E-state index in [2.05, 4.69) is 31.0 Å². The van der Waals surface area contributed by atoms with Crippen molar-refractivity contribution in [2.45, 2.75) is 33.6 Å². The third-order valence-electron chi connectivity index (χ3n) is 2.88. The third-order valence-corrected chi connectivity index (χ3v) is 3.68. The summed E-state index contributed by atoms with van der Waals surface area (Å²) in [6.07, 6.45) is 2.22. The second kappa shape index (κ2) is 4.13. The first-order chi connectivity index (χ1) is 6.12. The van der Waals surface area contributed by atoms with E-state index in [4.69, 9.17) is 5.73 Å². The van der Waals surface area contributed by atoms with E-state index >= 15 is 0 Å². The van der Waals surface area contributed by atoms with Gasteiger partial charge in [0.1, 0.15) is 0 Å². The molecule has 0 spiro atoms. The maximum atomic E-state index is 5.53. The molecule has 0 aromatic carbocycles. The Balaban J connectivity index is 2.82. The van der Waals surface area contributed by atoms with Crippen molar-refractivity contribution in [3.05, 3.63) is 0 Å². The lowest BCUT2D eigenvalue weighted by Gasteiger charge is -2.28. The van der Waals surface area contributed by atoms with Crippen molar-refractivity contribution < 1.29 is 0 Å². The van der Waals surface area contributed by atoms with Gasteiger partial charge in [-0.15, -0.1) is 5.10 Å². The molecular formula is C9H17N3S. The van der Waals surface area contributed by atoms with Crippen molar-refractivity contribution in [1.82, 2.24) is 0 Å². The summed E-state index contributed by atoms with van der Waals surface area (Å²) in [4.78, 5) is 0. The minimum Gasteiger partial charge on any atom is -0.377 e. The molecule has 0 saturated heterocycles. The van der Waals surface area contributed by atoms with Crippen LogP contribution < -0.4 is 5.73 Å². The van der Waals surface area contributed by atoms with Gasteiger partial charge in [-0.25, -0.2) is 0 Å². The zero-order valence-electron chi connectivity index (χ0n) is 8.50. The van der Waals surface area contributed by atoms with Crippen LogP contribution in [-0.2, 0) is 0 Å². The molecule has 1 aliphatic heterocycles. The minimum absolute atomic E-state index is 0.206. The highest BCUT2D eigenvalue weighted by Crippen LogP contribution is 2.30. The molecule has 0 aromatic heterocycles. The molecule has 0 saturated carbocycles. The molecule has 3 nitrogen and oxygen atoms in total.